The van der Waals surface area contributed by atoms with E-state index in [2.05, 4.69) is 26.1 Å². The molecule has 0 radical (unpaired) electrons. The van der Waals surface area contributed by atoms with E-state index in [1.54, 1.807) is 0 Å². The lowest BCUT2D eigenvalue weighted by molar-refractivity contribution is -0.130. The molecular formula is C16H21BrFN3O2. The molecule has 2 amide bonds. The highest BCUT2D eigenvalue weighted by atomic mass is 79.9. The Balaban J connectivity index is 1.81. The molecule has 1 saturated heterocycles. The number of hydrogen-bond donors (Lipinski definition) is 1. The third kappa shape index (κ3) is 5.28. The number of carbonyl (C=O) groups excluding carboxylic acids is 2. The topological polar surface area (TPSA) is 52.6 Å². The van der Waals surface area contributed by atoms with Crippen LogP contribution >= 0.6 is 15.9 Å². The van der Waals surface area contributed by atoms with Gasteiger partial charge in [0, 0.05) is 37.1 Å². The number of rotatable bonds is 4. The van der Waals surface area contributed by atoms with Crippen LogP contribution in [0.5, 0.6) is 0 Å². The number of nitrogens with zero attached hydrogens (tertiary/aromatic N) is 2. The molecule has 1 aliphatic heterocycles. The maximum absolute atomic E-state index is 13.2. The van der Waals surface area contributed by atoms with E-state index < -0.39 is 5.82 Å². The minimum atomic E-state index is -0.469. The summed E-state index contributed by atoms with van der Waals surface area (Å²) in [6, 6.07) is 3.94. The summed E-state index contributed by atoms with van der Waals surface area (Å²) in [6.07, 6.45) is 1.22. The van der Waals surface area contributed by atoms with Crippen LogP contribution in [0.15, 0.2) is 22.7 Å². The summed E-state index contributed by atoms with van der Waals surface area (Å²) in [5.74, 6) is -0.818. The van der Waals surface area contributed by atoms with Gasteiger partial charge in [-0.05, 0) is 54.1 Å². The van der Waals surface area contributed by atoms with Gasteiger partial charge in [0.05, 0.1) is 5.56 Å². The van der Waals surface area contributed by atoms with Crippen LogP contribution in [0.4, 0.5) is 4.39 Å². The molecule has 0 aromatic heterocycles. The van der Waals surface area contributed by atoms with E-state index >= 15 is 0 Å². The van der Waals surface area contributed by atoms with Gasteiger partial charge in [-0.2, -0.15) is 0 Å². The first kappa shape index (κ1) is 17.9. The molecule has 126 valence electrons. The molecule has 2 rings (SSSR count). The molecule has 0 bridgehead atoms. The predicted molar refractivity (Wildman–Crippen MR) is 89.7 cm³/mol. The second-order valence-corrected chi connectivity index (χ2v) is 6.52. The number of amides is 2. The van der Waals surface area contributed by atoms with E-state index in [0.29, 0.717) is 4.47 Å². The fourth-order valence-electron chi connectivity index (χ4n) is 2.50. The van der Waals surface area contributed by atoms with Gasteiger partial charge in [0.2, 0.25) is 5.91 Å². The third-order valence-corrected chi connectivity index (χ3v) is 4.56. The predicted octanol–water partition coefficient (Wildman–Crippen LogP) is 1.87. The molecule has 7 heteroatoms. The molecule has 1 fully saturated rings. The van der Waals surface area contributed by atoms with Gasteiger partial charge in [-0.1, -0.05) is 0 Å². The van der Waals surface area contributed by atoms with E-state index in [1.165, 1.54) is 18.2 Å². The molecule has 1 aromatic carbocycles. The Morgan fingerprint density at radius 2 is 2.04 bits per heavy atom. The van der Waals surface area contributed by atoms with Gasteiger partial charge in [0.25, 0.3) is 5.91 Å². The zero-order valence-electron chi connectivity index (χ0n) is 13.1. The maximum Gasteiger partial charge on any atom is 0.252 e. The number of likely N-dealkylation sites (N-methyl/N-ethyl adjacent to an activating group) is 1. The Morgan fingerprint density at radius 3 is 2.83 bits per heavy atom. The van der Waals surface area contributed by atoms with E-state index in [-0.39, 0.29) is 30.3 Å². The Kier molecular flexibility index (Phi) is 6.53. The summed E-state index contributed by atoms with van der Waals surface area (Å²) in [4.78, 5) is 28.3. The molecular weight excluding hydrogens is 365 g/mol. The lowest BCUT2D eigenvalue weighted by atomic mass is 10.2. The van der Waals surface area contributed by atoms with Crippen LogP contribution in [0.25, 0.3) is 0 Å². The fraction of sp³-hybridized carbons (Fsp3) is 0.500. The van der Waals surface area contributed by atoms with Gasteiger partial charge in [-0.15, -0.1) is 0 Å². The summed E-state index contributed by atoms with van der Waals surface area (Å²) in [5, 5.41) is 2.67. The number of benzene rings is 1. The van der Waals surface area contributed by atoms with Gasteiger partial charge in [0.15, 0.2) is 0 Å². The average Bonchev–Trinajstić information content (AvgIpc) is 2.74. The van der Waals surface area contributed by atoms with Crippen molar-refractivity contribution in [3.05, 3.63) is 34.1 Å². The quantitative estimate of drug-likeness (QED) is 0.860. The highest BCUT2D eigenvalue weighted by molar-refractivity contribution is 9.10. The standard InChI is InChI=1S/C16H21BrFN3O2/c1-20-7-2-8-21(10-9-20)15(22)5-6-19-16(23)13-11-12(18)3-4-14(13)17/h3-4,11H,2,5-10H2,1H3,(H,19,23). The van der Waals surface area contributed by atoms with Crippen molar-refractivity contribution in [2.45, 2.75) is 12.8 Å². The number of halogens is 2. The van der Waals surface area contributed by atoms with Crippen molar-refractivity contribution < 1.29 is 14.0 Å². The van der Waals surface area contributed by atoms with Crippen molar-refractivity contribution in [2.24, 2.45) is 0 Å². The van der Waals surface area contributed by atoms with Crippen molar-refractivity contribution in [1.82, 2.24) is 15.1 Å². The molecule has 1 N–H and O–H groups in total. The largest absolute Gasteiger partial charge is 0.351 e. The summed E-state index contributed by atoms with van der Waals surface area (Å²) in [7, 11) is 2.05. The summed E-state index contributed by atoms with van der Waals surface area (Å²) < 4.78 is 13.7. The Hall–Kier alpha value is -1.47. The molecule has 1 heterocycles. The second-order valence-electron chi connectivity index (χ2n) is 5.67. The van der Waals surface area contributed by atoms with Crippen molar-refractivity contribution in [3.63, 3.8) is 0 Å². The zero-order valence-corrected chi connectivity index (χ0v) is 14.7. The van der Waals surface area contributed by atoms with Gasteiger partial charge >= 0.3 is 0 Å². The first-order chi connectivity index (χ1) is 11.0. The smallest absolute Gasteiger partial charge is 0.252 e. The Morgan fingerprint density at radius 1 is 1.26 bits per heavy atom. The maximum atomic E-state index is 13.2. The van der Waals surface area contributed by atoms with Gasteiger partial charge in [0.1, 0.15) is 5.82 Å². The van der Waals surface area contributed by atoms with Crippen molar-refractivity contribution in [3.8, 4) is 0 Å². The van der Waals surface area contributed by atoms with Crippen molar-refractivity contribution in [2.75, 3.05) is 39.8 Å². The molecule has 1 aromatic rings. The molecule has 0 unspecified atom stereocenters. The summed E-state index contributed by atoms with van der Waals surface area (Å²) >= 11 is 3.22. The molecule has 0 spiro atoms. The van der Waals surface area contributed by atoms with Gasteiger partial charge in [-0.25, -0.2) is 4.39 Å². The first-order valence-electron chi connectivity index (χ1n) is 7.67. The second kappa shape index (κ2) is 8.40. The van der Waals surface area contributed by atoms with Crippen LogP contribution in [0.2, 0.25) is 0 Å². The van der Waals surface area contributed by atoms with Crippen LogP contribution in [-0.2, 0) is 4.79 Å². The van der Waals surface area contributed by atoms with E-state index in [9.17, 15) is 14.0 Å². The van der Waals surface area contributed by atoms with Crippen LogP contribution in [0, 0.1) is 5.82 Å². The number of hydrogen-bond acceptors (Lipinski definition) is 3. The highest BCUT2D eigenvalue weighted by Gasteiger charge is 2.17. The molecule has 23 heavy (non-hydrogen) atoms. The molecule has 0 atom stereocenters. The monoisotopic (exact) mass is 385 g/mol. The van der Waals surface area contributed by atoms with Gasteiger partial charge < -0.3 is 15.1 Å². The number of nitrogens with one attached hydrogen (secondary N) is 1. The zero-order chi connectivity index (χ0) is 16.8. The van der Waals surface area contributed by atoms with Crippen LogP contribution < -0.4 is 5.32 Å². The van der Waals surface area contributed by atoms with E-state index in [4.69, 9.17) is 0 Å². The van der Waals surface area contributed by atoms with E-state index in [1.807, 2.05) is 11.9 Å². The number of carbonyl (C=O) groups is 2. The van der Waals surface area contributed by atoms with E-state index in [0.717, 1.165) is 32.6 Å². The third-order valence-electron chi connectivity index (χ3n) is 3.87. The fourth-order valence-corrected chi connectivity index (χ4v) is 2.93. The molecule has 0 saturated carbocycles. The van der Waals surface area contributed by atoms with Crippen LogP contribution in [0.3, 0.4) is 0 Å². The Labute approximate surface area is 144 Å². The minimum Gasteiger partial charge on any atom is -0.351 e. The molecule has 0 aliphatic carbocycles. The first-order valence-corrected chi connectivity index (χ1v) is 8.46. The van der Waals surface area contributed by atoms with Crippen LogP contribution in [0.1, 0.15) is 23.2 Å². The SMILES string of the molecule is CN1CCCN(C(=O)CCNC(=O)c2cc(F)ccc2Br)CC1. The van der Waals surface area contributed by atoms with Crippen molar-refractivity contribution >= 4 is 27.7 Å². The van der Waals surface area contributed by atoms with Crippen molar-refractivity contribution in [1.29, 1.82) is 0 Å². The summed E-state index contributed by atoms with van der Waals surface area (Å²) in [5.41, 5.74) is 0.230. The minimum absolute atomic E-state index is 0.0407. The van der Waals surface area contributed by atoms with Crippen LogP contribution in [-0.4, -0.2) is 61.4 Å². The molecule has 5 nitrogen and oxygen atoms in total. The highest BCUT2D eigenvalue weighted by Crippen LogP contribution is 2.17. The average molecular weight is 386 g/mol. The lowest BCUT2D eigenvalue weighted by Crippen LogP contribution is -2.37. The molecule has 1 aliphatic rings. The summed E-state index contributed by atoms with van der Waals surface area (Å²) in [6.45, 7) is 3.58. The van der Waals surface area contributed by atoms with Gasteiger partial charge in [-0.3, -0.25) is 9.59 Å². The Bertz CT molecular complexity index is 582. The lowest BCUT2D eigenvalue weighted by Gasteiger charge is -2.20. The normalized spacial score (nSPS) is 16.0.